The molecule has 0 aromatic carbocycles. The fourth-order valence-corrected chi connectivity index (χ4v) is 3.64. The zero-order valence-corrected chi connectivity index (χ0v) is 15.2. The van der Waals surface area contributed by atoms with Crippen molar-refractivity contribution in [3.63, 3.8) is 0 Å². The number of rotatable bonds is 3. The second-order valence-electron chi connectivity index (χ2n) is 6.99. The molecule has 3 aromatic heterocycles. The van der Waals surface area contributed by atoms with E-state index in [-0.39, 0.29) is 0 Å². The van der Waals surface area contributed by atoms with E-state index in [0.717, 1.165) is 55.3 Å². The van der Waals surface area contributed by atoms with Crippen LogP contribution in [0, 0.1) is 0 Å². The van der Waals surface area contributed by atoms with Crippen molar-refractivity contribution in [1.82, 2.24) is 30.1 Å². The fraction of sp³-hybridized carbons (Fsp3) is 0.444. The third-order valence-corrected chi connectivity index (χ3v) is 5.17. The summed E-state index contributed by atoms with van der Waals surface area (Å²) in [6, 6.07) is 4.38. The maximum absolute atomic E-state index is 5.84. The molecule has 0 radical (unpaired) electrons. The van der Waals surface area contributed by atoms with Crippen molar-refractivity contribution in [1.29, 1.82) is 0 Å². The number of piperidine rings is 1. The molecule has 1 saturated heterocycles. The number of ether oxygens (including phenoxy) is 1. The molecular weight excluding hydrogens is 344 g/mol. The number of hydrogen-bond donors (Lipinski definition) is 2. The Morgan fingerprint density at radius 3 is 3.04 bits per heavy atom. The number of hydrogen-bond acceptors (Lipinski definition) is 8. The van der Waals surface area contributed by atoms with Crippen LogP contribution < -0.4 is 20.3 Å². The monoisotopic (exact) mass is 366 g/mol. The van der Waals surface area contributed by atoms with E-state index in [2.05, 4.69) is 35.8 Å². The first-order valence-electron chi connectivity index (χ1n) is 9.31. The molecule has 27 heavy (non-hydrogen) atoms. The van der Waals surface area contributed by atoms with E-state index < -0.39 is 0 Å². The molecule has 0 aliphatic carbocycles. The molecule has 0 bridgehead atoms. The van der Waals surface area contributed by atoms with Crippen molar-refractivity contribution >= 4 is 17.2 Å². The minimum absolute atomic E-state index is 0.443. The lowest BCUT2D eigenvalue weighted by atomic mass is 10.1. The van der Waals surface area contributed by atoms with Gasteiger partial charge in [-0.15, -0.1) is 10.2 Å². The van der Waals surface area contributed by atoms with E-state index in [1.165, 1.54) is 0 Å². The molecule has 0 amide bonds. The topological polar surface area (TPSA) is 92.5 Å². The molecule has 9 nitrogen and oxygen atoms in total. The van der Waals surface area contributed by atoms with Crippen LogP contribution in [0.3, 0.4) is 0 Å². The predicted molar refractivity (Wildman–Crippen MR) is 102 cm³/mol. The first kappa shape index (κ1) is 16.2. The van der Waals surface area contributed by atoms with Crippen molar-refractivity contribution in [2.75, 3.05) is 43.5 Å². The van der Waals surface area contributed by atoms with E-state index in [0.29, 0.717) is 24.1 Å². The highest BCUT2D eigenvalue weighted by Crippen LogP contribution is 2.34. The fourth-order valence-electron chi connectivity index (χ4n) is 3.64. The lowest BCUT2D eigenvalue weighted by molar-refractivity contribution is 0.312. The van der Waals surface area contributed by atoms with Crippen LogP contribution in [0.5, 0.6) is 5.75 Å². The van der Waals surface area contributed by atoms with Crippen LogP contribution in [0.15, 0.2) is 24.5 Å². The van der Waals surface area contributed by atoms with Gasteiger partial charge in [0.2, 0.25) is 5.65 Å². The SMILES string of the molecule is CN1CCOc2c1cnn1c(-c3ccnc(NC4CCNCC4)c3)nnc21. The molecule has 0 unspecified atom stereocenters. The zero-order chi connectivity index (χ0) is 18.2. The highest BCUT2D eigenvalue weighted by atomic mass is 16.5. The van der Waals surface area contributed by atoms with Gasteiger partial charge in [-0.3, -0.25) is 0 Å². The first-order valence-corrected chi connectivity index (χ1v) is 9.31. The molecule has 0 spiro atoms. The average Bonchev–Trinajstić information content (AvgIpc) is 3.14. The summed E-state index contributed by atoms with van der Waals surface area (Å²) in [4.78, 5) is 6.58. The van der Waals surface area contributed by atoms with E-state index in [1.54, 1.807) is 10.7 Å². The third-order valence-electron chi connectivity index (χ3n) is 5.17. The summed E-state index contributed by atoms with van der Waals surface area (Å²) in [5.74, 6) is 2.27. The van der Waals surface area contributed by atoms with Gasteiger partial charge in [-0.25, -0.2) is 4.98 Å². The van der Waals surface area contributed by atoms with Crippen molar-refractivity contribution in [3.05, 3.63) is 24.5 Å². The molecule has 140 valence electrons. The Bertz CT molecular complexity index is 965. The summed E-state index contributed by atoms with van der Waals surface area (Å²) in [6.45, 7) is 3.54. The van der Waals surface area contributed by atoms with Crippen molar-refractivity contribution < 1.29 is 4.74 Å². The lowest BCUT2D eigenvalue weighted by Gasteiger charge is -2.26. The summed E-state index contributed by atoms with van der Waals surface area (Å²) >= 11 is 0. The summed E-state index contributed by atoms with van der Waals surface area (Å²) in [6.07, 6.45) is 5.79. The van der Waals surface area contributed by atoms with E-state index in [1.807, 2.05) is 25.4 Å². The Hall–Kier alpha value is -2.94. The van der Waals surface area contributed by atoms with E-state index in [9.17, 15) is 0 Å². The highest BCUT2D eigenvalue weighted by Gasteiger charge is 2.23. The third kappa shape index (κ3) is 2.93. The molecule has 3 aromatic rings. The maximum Gasteiger partial charge on any atom is 0.222 e. The van der Waals surface area contributed by atoms with Gasteiger partial charge in [-0.1, -0.05) is 0 Å². The number of fused-ring (bicyclic) bond motifs is 3. The molecule has 9 heteroatoms. The second-order valence-corrected chi connectivity index (χ2v) is 6.99. The van der Waals surface area contributed by atoms with Crippen LogP contribution >= 0.6 is 0 Å². The molecule has 2 aliphatic heterocycles. The molecule has 2 aliphatic rings. The summed E-state index contributed by atoms with van der Waals surface area (Å²) in [5.41, 5.74) is 2.50. The van der Waals surface area contributed by atoms with Crippen LogP contribution in [0.25, 0.3) is 17.0 Å². The number of aromatic nitrogens is 5. The number of nitrogens with zero attached hydrogens (tertiary/aromatic N) is 6. The minimum atomic E-state index is 0.443. The number of likely N-dealkylation sites (N-methyl/N-ethyl adjacent to an activating group) is 1. The lowest BCUT2D eigenvalue weighted by Crippen LogP contribution is -2.35. The Kier molecular flexibility index (Phi) is 4.01. The summed E-state index contributed by atoms with van der Waals surface area (Å²) in [7, 11) is 2.03. The van der Waals surface area contributed by atoms with Gasteiger partial charge < -0.3 is 20.3 Å². The van der Waals surface area contributed by atoms with Crippen LogP contribution in [0.2, 0.25) is 0 Å². The Morgan fingerprint density at radius 1 is 1.26 bits per heavy atom. The molecule has 0 saturated carbocycles. The molecular formula is C18H22N8O. The van der Waals surface area contributed by atoms with Crippen LogP contribution in [0.1, 0.15) is 12.8 Å². The normalized spacial score (nSPS) is 17.6. The smallest absolute Gasteiger partial charge is 0.222 e. The average molecular weight is 366 g/mol. The van der Waals surface area contributed by atoms with Crippen molar-refractivity contribution in [2.45, 2.75) is 18.9 Å². The standard InChI is InChI=1S/C18H22N8O/c1-25-8-9-27-16-14(25)11-21-26-17(23-24-18(16)26)12-2-7-20-15(10-12)22-13-3-5-19-6-4-13/h2,7,10-11,13,19H,3-6,8-9H2,1H3,(H,20,22). The van der Waals surface area contributed by atoms with Gasteiger partial charge in [0.15, 0.2) is 11.6 Å². The van der Waals surface area contributed by atoms with Crippen molar-refractivity contribution in [3.8, 4) is 17.1 Å². The molecule has 0 atom stereocenters. The Balaban J connectivity index is 1.49. The van der Waals surface area contributed by atoms with Gasteiger partial charge in [0.05, 0.1) is 12.7 Å². The van der Waals surface area contributed by atoms with Gasteiger partial charge in [0.25, 0.3) is 0 Å². The van der Waals surface area contributed by atoms with Gasteiger partial charge in [-0.05, 0) is 38.1 Å². The van der Waals surface area contributed by atoms with Gasteiger partial charge in [0, 0.05) is 24.8 Å². The van der Waals surface area contributed by atoms with Crippen LogP contribution in [-0.2, 0) is 0 Å². The van der Waals surface area contributed by atoms with Crippen LogP contribution in [0.4, 0.5) is 11.5 Å². The number of pyridine rings is 1. The number of anilines is 2. The quantitative estimate of drug-likeness (QED) is 0.714. The largest absolute Gasteiger partial charge is 0.486 e. The first-order chi connectivity index (χ1) is 13.3. The molecule has 1 fully saturated rings. The Morgan fingerprint density at radius 2 is 2.15 bits per heavy atom. The van der Waals surface area contributed by atoms with Crippen molar-refractivity contribution in [2.24, 2.45) is 0 Å². The predicted octanol–water partition coefficient (Wildman–Crippen LogP) is 1.18. The molecule has 5 heterocycles. The number of nitrogens with one attached hydrogen (secondary N) is 2. The van der Waals surface area contributed by atoms with E-state index >= 15 is 0 Å². The zero-order valence-electron chi connectivity index (χ0n) is 15.2. The second kappa shape index (κ2) is 6.66. The molecule has 2 N–H and O–H groups in total. The summed E-state index contributed by atoms with van der Waals surface area (Å²) < 4.78 is 7.58. The van der Waals surface area contributed by atoms with Gasteiger partial charge in [-0.2, -0.15) is 9.61 Å². The van der Waals surface area contributed by atoms with Gasteiger partial charge >= 0.3 is 0 Å². The minimum Gasteiger partial charge on any atom is -0.486 e. The Labute approximate surface area is 156 Å². The highest BCUT2D eigenvalue weighted by molar-refractivity contribution is 5.73. The molecule has 5 rings (SSSR count). The maximum atomic E-state index is 5.84. The summed E-state index contributed by atoms with van der Waals surface area (Å²) in [5, 5.41) is 20.2. The van der Waals surface area contributed by atoms with Crippen LogP contribution in [-0.4, -0.2) is 64.1 Å². The van der Waals surface area contributed by atoms with Gasteiger partial charge in [0.1, 0.15) is 18.1 Å². The van der Waals surface area contributed by atoms with E-state index in [4.69, 9.17) is 4.74 Å².